The Hall–Kier alpha value is -0.500. The average Bonchev–Trinajstić information content (AvgIpc) is 2.16. The number of nitrogens with two attached hydrogens (primary N) is 1. The summed E-state index contributed by atoms with van der Waals surface area (Å²) in [7, 11) is -3.84. The summed E-state index contributed by atoms with van der Waals surface area (Å²) >= 11 is 3.05. The Labute approximate surface area is 102 Å². The van der Waals surface area contributed by atoms with Crippen LogP contribution in [-0.4, -0.2) is 21.0 Å². The maximum absolute atomic E-state index is 13.4. The maximum Gasteiger partial charge on any atom is 0.243 e. The summed E-state index contributed by atoms with van der Waals surface area (Å²) in [6, 6.07) is 3.32. The molecule has 0 saturated heterocycles. The molecule has 1 aromatic rings. The molecule has 7 heteroatoms. The van der Waals surface area contributed by atoms with Crippen molar-refractivity contribution in [3.63, 3.8) is 0 Å². The molecule has 0 aliphatic carbocycles. The van der Waals surface area contributed by atoms with Gasteiger partial charge in [0, 0.05) is 17.1 Å². The highest BCUT2D eigenvalue weighted by Crippen LogP contribution is 2.19. The van der Waals surface area contributed by atoms with Gasteiger partial charge in [0.25, 0.3) is 0 Å². The van der Waals surface area contributed by atoms with Crippen LogP contribution in [0.5, 0.6) is 0 Å². The van der Waals surface area contributed by atoms with Gasteiger partial charge < -0.3 is 5.73 Å². The van der Waals surface area contributed by atoms with Crippen LogP contribution in [0.2, 0.25) is 0 Å². The molecule has 3 N–H and O–H groups in total. The van der Waals surface area contributed by atoms with Crippen molar-refractivity contribution in [1.29, 1.82) is 0 Å². The third kappa shape index (κ3) is 3.24. The van der Waals surface area contributed by atoms with Crippen LogP contribution in [0.3, 0.4) is 0 Å². The van der Waals surface area contributed by atoms with Gasteiger partial charge in [-0.3, -0.25) is 0 Å². The molecule has 16 heavy (non-hydrogen) atoms. The fourth-order valence-electron chi connectivity index (χ4n) is 1.07. The molecule has 1 unspecified atom stereocenters. The van der Waals surface area contributed by atoms with Gasteiger partial charge in [0.05, 0.1) is 0 Å². The van der Waals surface area contributed by atoms with Gasteiger partial charge in [-0.15, -0.1) is 0 Å². The van der Waals surface area contributed by atoms with Crippen LogP contribution in [0.4, 0.5) is 4.39 Å². The SMILES string of the molecule is CC(CN)NS(=O)(=O)c1ccc(Br)cc1F. The minimum atomic E-state index is -3.84. The zero-order chi connectivity index (χ0) is 12.3. The molecule has 0 spiro atoms. The van der Waals surface area contributed by atoms with E-state index in [-0.39, 0.29) is 11.4 Å². The number of benzene rings is 1. The van der Waals surface area contributed by atoms with Crippen LogP contribution < -0.4 is 10.5 Å². The second kappa shape index (κ2) is 5.22. The van der Waals surface area contributed by atoms with Gasteiger partial charge in [-0.05, 0) is 25.1 Å². The van der Waals surface area contributed by atoms with Gasteiger partial charge in [-0.2, -0.15) is 0 Å². The normalized spacial score (nSPS) is 13.8. The molecule has 0 aliphatic heterocycles. The first-order valence-corrected chi connectivity index (χ1v) is 6.82. The van der Waals surface area contributed by atoms with E-state index in [1.165, 1.54) is 12.1 Å². The van der Waals surface area contributed by atoms with Gasteiger partial charge >= 0.3 is 0 Å². The third-order valence-electron chi connectivity index (χ3n) is 1.89. The summed E-state index contributed by atoms with van der Waals surface area (Å²) in [5.41, 5.74) is 5.29. The standard InChI is InChI=1S/C9H12BrFN2O2S/c1-6(5-12)13-16(14,15)9-3-2-7(10)4-8(9)11/h2-4,6,13H,5,12H2,1H3. The molecule has 0 bridgehead atoms. The highest BCUT2D eigenvalue weighted by molar-refractivity contribution is 9.10. The highest BCUT2D eigenvalue weighted by Gasteiger charge is 2.20. The largest absolute Gasteiger partial charge is 0.329 e. The Kier molecular flexibility index (Phi) is 4.43. The molecular formula is C9H12BrFN2O2S. The monoisotopic (exact) mass is 310 g/mol. The Morgan fingerprint density at radius 1 is 1.56 bits per heavy atom. The summed E-state index contributed by atoms with van der Waals surface area (Å²) in [5, 5.41) is 0. The zero-order valence-electron chi connectivity index (χ0n) is 8.57. The van der Waals surface area contributed by atoms with Crippen molar-refractivity contribution in [2.45, 2.75) is 17.9 Å². The number of halogens is 2. The van der Waals surface area contributed by atoms with Crippen molar-refractivity contribution in [1.82, 2.24) is 4.72 Å². The lowest BCUT2D eigenvalue weighted by Crippen LogP contribution is -2.38. The van der Waals surface area contributed by atoms with Crippen LogP contribution in [0.25, 0.3) is 0 Å². The van der Waals surface area contributed by atoms with E-state index in [9.17, 15) is 12.8 Å². The van der Waals surface area contributed by atoms with Crippen LogP contribution in [0.1, 0.15) is 6.92 Å². The molecule has 0 heterocycles. The third-order valence-corrected chi connectivity index (χ3v) is 4.01. The van der Waals surface area contributed by atoms with Crippen molar-refractivity contribution >= 4 is 26.0 Å². The molecule has 90 valence electrons. The molecule has 4 nitrogen and oxygen atoms in total. The van der Waals surface area contributed by atoms with E-state index in [0.717, 1.165) is 6.07 Å². The number of hydrogen-bond acceptors (Lipinski definition) is 3. The van der Waals surface area contributed by atoms with E-state index in [0.29, 0.717) is 4.47 Å². The van der Waals surface area contributed by atoms with E-state index in [1.807, 2.05) is 0 Å². The van der Waals surface area contributed by atoms with Crippen LogP contribution in [0, 0.1) is 5.82 Å². The number of hydrogen-bond donors (Lipinski definition) is 2. The van der Waals surface area contributed by atoms with Crippen molar-refractivity contribution in [2.75, 3.05) is 6.54 Å². The summed E-state index contributed by atoms with van der Waals surface area (Å²) in [6.07, 6.45) is 0. The molecule has 0 amide bonds. The summed E-state index contributed by atoms with van der Waals surface area (Å²) in [4.78, 5) is -0.379. The minimum Gasteiger partial charge on any atom is -0.329 e. The van der Waals surface area contributed by atoms with Gasteiger partial charge in [0.15, 0.2) is 0 Å². The molecule has 0 radical (unpaired) electrons. The molecule has 0 aromatic heterocycles. The van der Waals surface area contributed by atoms with Crippen molar-refractivity contribution in [3.05, 3.63) is 28.5 Å². The Morgan fingerprint density at radius 2 is 2.19 bits per heavy atom. The van der Waals surface area contributed by atoms with Gasteiger partial charge in [-0.25, -0.2) is 17.5 Å². The lowest BCUT2D eigenvalue weighted by molar-refractivity contribution is 0.544. The molecule has 1 rings (SSSR count). The minimum absolute atomic E-state index is 0.150. The smallest absolute Gasteiger partial charge is 0.243 e. The van der Waals surface area contributed by atoms with Gasteiger partial charge in [0.2, 0.25) is 10.0 Å². The van der Waals surface area contributed by atoms with Crippen molar-refractivity contribution < 1.29 is 12.8 Å². The molecular weight excluding hydrogens is 299 g/mol. The first kappa shape index (κ1) is 13.6. The molecule has 0 saturated carbocycles. The van der Waals surface area contributed by atoms with E-state index >= 15 is 0 Å². The Morgan fingerprint density at radius 3 is 2.69 bits per heavy atom. The summed E-state index contributed by atoms with van der Waals surface area (Å²) in [6.45, 7) is 1.76. The summed E-state index contributed by atoms with van der Waals surface area (Å²) < 4.78 is 39.6. The molecule has 0 fully saturated rings. The van der Waals surface area contributed by atoms with E-state index < -0.39 is 21.9 Å². The van der Waals surface area contributed by atoms with Crippen LogP contribution >= 0.6 is 15.9 Å². The molecule has 1 atom stereocenters. The number of rotatable bonds is 4. The number of nitrogens with one attached hydrogen (secondary N) is 1. The van der Waals surface area contributed by atoms with E-state index in [4.69, 9.17) is 5.73 Å². The fraction of sp³-hybridized carbons (Fsp3) is 0.333. The molecule has 0 aliphatic rings. The predicted molar refractivity (Wildman–Crippen MR) is 62.9 cm³/mol. The maximum atomic E-state index is 13.4. The lowest BCUT2D eigenvalue weighted by Gasteiger charge is -2.12. The quantitative estimate of drug-likeness (QED) is 0.878. The Bertz CT molecular complexity index is 478. The zero-order valence-corrected chi connectivity index (χ0v) is 11.0. The van der Waals surface area contributed by atoms with Crippen LogP contribution in [-0.2, 0) is 10.0 Å². The van der Waals surface area contributed by atoms with Crippen molar-refractivity contribution in [3.8, 4) is 0 Å². The average molecular weight is 311 g/mol. The first-order chi connectivity index (χ1) is 7.36. The second-order valence-electron chi connectivity index (χ2n) is 3.33. The fourth-order valence-corrected chi connectivity index (χ4v) is 2.72. The van der Waals surface area contributed by atoms with Crippen molar-refractivity contribution in [2.24, 2.45) is 5.73 Å². The Balaban J connectivity index is 3.08. The molecule has 1 aromatic carbocycles. The second-order valence-corrected chi connectivity index (χ2v) is 5.93. The first-order valence-electron chi connectivity index (χ1n) is 4.54. The predicted octanol–water partition coefficient (Wildman–Crippen LogP) is 1.21. The van der Waals surface area contributed by atoms with Crippen LogP contribution in [0.15, 0.2) is 27.6 Å². The highest BCUT2D eigenvalue weighted by atomic mass is 79.9. The number of sulfonamides is 1. The van der Waals surface area contributed by atoms with Gasteiger partial charge in [-0.1, -0.05) is 15.9 Å². The van der Waals surface area contributed by atoms with Gasteiger partial charge in [0.1, 0.15) is 10.7 Å². The topological polar surface area (TPSA) is 72.2 Å². The van der Waals surface area contributed by atoms with E-state index in [2.05, 4.69) is 20.7 Å². The van der Waals surface area contributed by atoms with E-state index in [1.54, 1.807) is 6.92 Å². The summed E-state index contributed by atoms with van der Waals surface area (Å²) in [5.74, 6) is -0.800. The lowest BCUT2D eigenvalue weighted by atomic mass is 10.3.